The van der Waals surface area contributed by atoms with Crippen molar-refractivity contribution in [1.29, 1.82) is 0 Å². The molecule has 0 aliphatic carbocycles. The van der Waals surface area contributed by atoms with E-state index in [1.165, 1.54) is 11.0 Å². The fraction of sp³-hybridized carbons (Fsp3) is 0.0870. The maximum atomic E-state index is 13.1. The summed E-state index contributed by atoms with van der Waals surface area (Å²) in [5.41, 5.74) is 1.26. The number of carboxylic acid groups (broad SMARTS) is 1. The Kier molecular flexibility index (Phi) is 6.05. The number of ketones is 1. The summed E-state index contributed by atoms with van der Waals surface area (Å²) in [5, 5.41) is 9.63. The Hall–Kier alpha value is -2.80. The van der Waals surface area contributed by atoms with Crippen LogP contribution < -0.4 is 4.90 Å². The molecule has 0 radical (unpaired) electrons. The first kappa shape index (κ1) is 21.4. The van der Waals surface area contributed by atoms with Crippen molar-refractivity contribution < 1.29 is 19.5 Å². The van der Waals surface area contributed by atoms with Gasteiger partial charge in [-0.25, -0.2) is 4.79 Å². The van der Waals surface area contributed by atoms with Gasteiger partial charge in [0.2, 0.25) is 5.78 Å². The molecule has 0 aromatic heterocycles. The largest absolute Gasteiger partial charge is 0.478 e. The van der Waals surface area contributed by atoms with Crippen molar-refractivity contribution in [1.82, 2.24) is 0 Å². The summed E-state index contributed by atoms with van der Waals surface area (Å²) in [6, 6.07) is 19.3. The Morgan fingerprint density at radius 3 is 2.29 bits per heavy atom. The topological polar surface area (TPSA) is 74.7 Å². The lowest BCUT2D eigenvalue weighted by molar-refractivity contribution is -0.133. The van der Waals surface area contributed by atoms with E-state index in [0.717, 1.165) is 11.8 Å². The molecule has 31 heavy (non-hydrogen) atoms. The Balaban J connectivity index is 1.83. The van der Waals surface area contributed by atoms with Crippen molar-refractivity contribution in [3.63, 3.8) is 0 Å². The number of thioether (sulfide) groups is 1. The van der Waals surface area contributed by atoms with Crippen molar-refractivity contribution in [2.24, 2.45) is 0 Å². The van der Waals surface area contributed by atoms with Gasteiger partial charge in [0.25, 0.3) is 5.91 Å². The molecule has 1 saturated heterocycles. The molecule has 8 heteroatoms. The molecule has 2 unspecified atom stereocenters. The Bertz CT molecular complexity index is 1180. The van der Waals surface area contributed by atoms with Crippen LogP contribution in [0.15, 0.2) is 77.7 Å². The number of benzene rings is 3. The van der Waals surface area contributed by atoms with Crippen LogP contribution in [0, 0.1) is 0 Å². The van der Waals surface area contributed by atoms with E-state index < -0.39 is 29.0 Å². The average Bonchev–Trinajstić information content (AvgIpc) is 2.99. The summed E-state index contributed by atoms with van der Waals surface area (Å²) >= 11 is 13.2. The Labute approximate surface area is 192 Å². The van der Waals surface area contributed by atoms with E-state index in [9.17, 15) is 19.5 Å². The van der Waals surface area contributed by atoms with Crippen LogP contribution in [0.2, 0.25) is 10.0 Å². The molecule has 1 aliphatic heterocycles. The van der Waals surface area contributed by atoms with Crippen LogP contribution >= 0.6 is 35.0 Å². The number of hydrogen-bond acceptors (Lipinski definition) is 4. The van der Waals surface area contributed by atoms with Gasteiger partial charge in [-0.2, -0.15) is 0 Å². The third-order valence-electron chi connectivity index (χ3n) is 4.92. The number of amides is 1. The summed E-state index contributed by atoms with van der Waals surface area (Å²) < 4.78 is 0. The van der Waals surface area contributed by atoms with Gasteiger partial charge in [-0.15, -0.1) is 11.8 Å². The van der Waals surface area contributed by atoms with Crippen molar-refractivity contribution >= 4 is 58.3 Å². The molecule has 3 aromatic rings. The SMILES string of the molecule is O=C(O)c1ccccc1SC1C(=O)C(=O)N(c2cccc(Cl)c2)C1c1ccc(Cl)cc1. The second-order valence-electron chi connectivity index (χ2n) is 6.86. The summed E-state index contributed by atoms with van der Waals surface area (Å²) in [5.74, 6) is -2.38. The van der Waals surface area contributed by atoms with Crippen LogP contribution in [0.1, 0.15) is 22.0 Å². The predicted molar refractivity (Wildman–Crippen MR) is 121 cm³/mol. The molecule has 4 rings (SSSR count). The van der Waals surface area contributed by atoms with E-state index in [1.807, 2.05) is 0 Å². The third-order valence-corrected chi connectivity index (χ3v) is 6.75. The number of nitrogens with zero attached hydrogens (tertiary/aromatic N) is 1. The van der Waals surface area contributed by atoms with E-state index >= 15 is 0 Å². The second kappa shape index (κ2) is 8.75. The van der Waals surface area contributed by atoms with Crippen molar-refractivity contribution in [3.05, 3.63) is 94.0 Å². The minimum atomic E-state index is -1.10. The number of carbonyl (C=O) groups excluding carboxylic acids is 2. The molecular weight excluding hydrogens is 457 g/mol. The van der Waals surface area contributed by atoms with E-state index in [2.05, 4.69) is 0 Å². The molecule has 1 amide bonds. The molecule has 0 bridgehead atoms. The molecule has 0 spiro atoms. The Morgan fingerprint density at radius 2 is 1.61 bits per heavy atom. The number of aromatic carboxylic acids is 1. The van der Waals surface area contributed by atoms with Gasteiger partial charge in [0, 0.05) is 20.6 Å². The molecular formula is C23H15Cl2NO4S. The summed E-state index contributed by atoms with van der Waals surface area (Å²) in [7, 11) is 0. The summed E-state index contributed by atoms with van der Waals surface area (Å²) in [6.45, 7) is 0. The minimum Gasteiger partial charge on any atom is -0.478 e. The smallest absolute Gasteiger partial charge is 0.336 e. The fourth-order valence-corrected chi connectivity index (χ4v) is 5.17. The van der Waals surface area contributed by atoms with Crippen molar-refractivity contribution in [2.45, 2.75) is 16.2 Å². The van der Waals surface area contributed by atoms with Crippen LogP contribution in [-0.4, -0.2) is 28.0 Å². The number of carbonyl (C=O) groups is 3. The van der Waals surface area contributed by atoms with Gasteiger partial charge in [0.05, 0.1) is 11.6 Å². The third kappa shape index (κ3) is 4.19. The summed E-state index contributed by atoms with van der Waals surface area (Å²) in [4.78, 5) is 39.6. The standard InChI is InChI=1S/C23H15Cl2NO4S/c24-14-10-8-13(9-11-14)19-21(31-18-7-2-1-6-17(18)23(29)30)20(27)22(28)26(19)16-5-3-4-15(25)12-16/h1-12,19,21H,(H,29,30). The predicted octanol–water partition coefficient (Wildman–Crippen LogP) is 5.51. The lowest BCUT2D eigenvalue weighted by Crippen LogP contribution is -2.29. The summed E-state index contributed by atoms with van der Waals surface area (Å²) in [6.07, 6.45) is 0. The lowest BCUT2D eigenvalue weighted by atomic mass is 10.0. The molecule has 5 nitrogen and oxygen atoms in total. The minimum absolute atomic E-state index is 0.0730. The monoisotopic (exact) mass is 471 g/mol. The first-order valence-corrected chi connectivity index (χ1v) is 10.9. The van der Waals surface area contributed by atoms with E-state index in [0.29, 0.717) is 26.2 Å². The highest BCUT2D eigenvalue weighted by molar-refractivity contribution is 8.01. The first-order chi connectivity index (χ1) is 14.9. The van der Waals surface area contributed by atoms with Crippen LogP contribution in [-0.2, 0) is 9.59 Å². The zero-order chi connectivity index (χ0) is 22.1. The molecule has 2 atom stereocenters. The maximum absolute atomic E-state index is 13.1. The quantitative estimate of drug-likeness (QED) is 0.496. The highest BCUT2D eigenvalue weighted by Gasteiger charge is 2.49. The fourth-order valence-electron chi connectivity index (χ4n) is 3.53. The van der Waals surface area contributed by atoms with Crippen LogP contribution in [0.5, 0.6) is 0 Å². The van der Waals surface area contributed by atoms with Crippen LogP contribution in [0.4, 0.5) is 5.69 Å². The molecule has 1 N–H and O–H groups in total. The van der Waals surface area contributed by atoms with Crippen molar-refractivity contribution in [2.75, 3.05) is 4.90 Å². The molecule has 1 fully saturated rings. The number of Topliss-reactive ketones (excluding diaryl/α,β-unsaturated/α-hetero) is 1. The van der Waals surface area contributed by atoms with Gasteiger partial charge in [-0.05, 0) is 48.0 Å². The number of halogens is 2. The van der Waals surface area contributed by atoms with E-state index in [-0.39, 0.29) is 5.56 Å². The van der Waals surface area contributed by atoms with Gasteiger partial charge < -0.3 is 5.11 Å². The molecule has 1 aliphatic rings. The van der Waals surface area contributed by atoms with Gasteiger partial charge in [-0.1, -0.05) is 53.5 Å². The van der Waals surface area contributed by atoms with Gasteiger partial charge in [0.15, 0.2) is 0 Å². The Morgan fingerprint density at radius 1 is 0.903 bits per heavy atom. The maximum Gasteiger partial charge on any atom is 0.336 e. The number of carboxylic acids is 1. The average molecular weight is 472 g/mol. The lowest BCUT2D eigenvalue weighted by Gasteiger charge is -2.28. The number of rotatable bonds is 5. The van der Waals surface area contributed by atoms with E-state index in [4.69, 9.17) is 23.2 Å². The second-order valence-corrected chi connectivity index (χ2v) is 8.91. The highest BCUT2D eigenvalue weighted by atomic mass is 35.5. The van der Waals surface area contributed by atoms with Crippen LogP contribution in [0.3, 0.4) is 0 Å². The first-order valence-electron chi connectivity index (χ1n) is 9.24. The zero-order valence-electron chi connectivity index (χ0n) is 15.9. The molecule has 3 aromatic carbocycles. The van der Waals surface area contributed by atoms with E-state index in [1.54, 1.807) is 66.7 Å². The highest BCUT2D eigenvalue weighted by Crippen LogP contribution is 2.45. The van der Waals surface area contributed by atoms with Gasteiger partial charge in [-0.3, -0.25) is 14.5 Å². The van der Waals surface area contributed by atoms with Crippen LogP contribution in [0.25, 0.3) is 0 Å². The number of hydrogen-bond donors (Lipinski definition) is 1. The molecule has 0 saturated carbocycles. The zero-order valence-corrected chi connectivity index (χ0v) is 18.2. The van der Waals surface area contributed by atoms with Crippen molar-refractivity contribution in [3.8, 4) is 0 Å². The molecule has 156 valence electrons. The molecule has 1 heterocycles. The van der Waals surface area contributed by atoms with Gasteiger partial charge >= 0.3 is 5.97 Å². The van der Waals surface area contributed by atoms with Gasteiger partial charge in [0.1, 0.15) is 5.25 Å². The normalized spacial score (nSPS) is 18.5. The number of anilines is 1.